The van der Waals surface area contributed by atoms with Crippen LogP contribution in [0.1, 0.15) is 16.7 Å². The number of hydrogen-bond acceptors (Lipinski definition) is 4. The fourth-order valence-electron chi connectivity index (χ4n) is 2.88. The molecular weight excluding hydrogens is 290 g/mol. The van der Waals surface area contributed by atoms with Gasteiger partial charge in [-0.25, -0.2) is 0 Å². The summed E-state index contributed by atoms with van der Waals surface area (Å²) < 4.78 is 16.0. The van der Waals surface area contributed by atoms with Gasteiger partial charge in [-0.3, -0.25) is 4.99 Å². The van der Waals surface area contributed by atoms with Gasteiger partial charge in [-0.2, -0.15) is 0 Å². The van der Waals surface area contributed by atoms with Gasteiger partial charge in [0.15, 0.2) is 11.5 Å². The Bertz CT molecular complexity index is 720. The van der Waals surface area contributed by atoms with Gasteiger partial charge >= 0.3 is 0 Å². The van der Waals surface area contributed by atoms with Gasteiger partial charge in [0.05, 0.1) is 21.3 Å². The lowest BCUT2D eigenvalue weighted by atomic mass is 9.93. The maximum absolute atomic E-state index is 5.43. The monoisotopic (exact) mass is 311 g/mol. The van der Waals surface area contributed by atoms with Crippen molar-refractivity contribution in [3.63, 3.8) is 0 Å². The number of fused-ring (bicyclic) bond motifs is 1. The number of benzene rings is 2. The summed E-state index contributed by atoms with van der Waals surface area (Å²) in [5, 5.41) is 0. The molecule has 23 heavy (non-hydrogen) atoms. The van der Waals surface area contributed by atoms with Crippen LogP contribution in [0.25, 0.3) is 0 Å². The molecule has 3 rings (SSSR count). The smallest absolute Gasteiger partial charge is 0.161 e. The average Bonchev–Trinajstić information content (AvgIpc) is 2.61. The minimum atomic E-state index is 0.746. The molecule has 2 aromatic rings. The van der Waals surface area contributed by atoms with E-state index in [0.29, 0.717) is 0 Å². The molecule has 0 fully saturated rings. The summed E-state index contributed by atoms with van der Waals surface area (Å²) >= 11 is 0. The lowest BCUT2D eigenvalue weighted by Gasteiger charge is -2.20. The topological polar surface area (TPSA) is 40.0 Å². The first-order valence-electron chi connectivity index (χ1n) is 7.66. The zero-order valence-electron chi connectivity index (χ0n) is 13.8. The Morgan fingerprint density at radius 3 is 2.26 bits per heavy atom. The van der Waals surface area contributed by atoms with E-state index in [0.717, 1.165) is 47.9 Å². The second kappa shape index (κ2) is 6.73. The number of rotatable bonds is 5. The number of ether oxygens (including phenoxy) is 3. The normalized spacial score (nSPS) is 13.1. The molecule has 0 aromatic heterocycles. The minimum Gasteiger partial charge on any atom is -0.497 e. The molecule has 0 N–H and O–H groups in total. The molecule has 0 amide bonds. The SMILES string of the molecule is COc1ccc(CC2=NCCc3cc(OC)c(OC)cc32)cc1. The Hall–Kier alpha value is -2.49. The predicted molar refractivity (Wildman–Crippen MR) is 91.4 cm³/mol. The van der Waals surface area contributed by atoms with E-state index in [9.17, 15) is 0 Å². The molecule has 120 valence electrons. The van der Waals surface area contributed by atoms with E-state index in [4.69, 9.17) is 19.2 Å². The highest BCUT2D eigenvalue weighted by Gasteiger charge is 2.18. The molecule has 0 unspecified atom stereocenters. The average molecular weight is 311 g/mol. The first-order valence-corrected chi connectivity index (χ1v) is 7.66. The molecule has 0 aliphatic carbocycles. The molecule has 0 spiro atoms. The Labute approximate surface area is 136 Å². The lowest BCUT2D eigenvalue weighted by Crippen LogP contribution is -2.16. The van der Waals surface area contributed by atoms with Crippen LogP contribution in [0.4, 0.5) is 0 Å². The van der Waals surface area contributed by atoms with Crippen LogP contribution in [0.5, 0.6) is 17.2 Å². The molecule has 0 saturated carbocycles. The zero-order chi connectivity index (χ0) is 16.2. The van der Waals surface area contributed by atoms with Crippen LogP contribution >= 0.6 is 0 Å². The third kappa shape index (κ3) is 3.16. The summed E-state index contributed by atoms with van der Waals surface area (Å²) in [5.74, 6) is 2.39. The van der Waals surface area contributed by atoms with Gasteiger partial charge in [-0.05, 0) is 41.8 Å². The second-order valence-corrected chi connectivity index (χ2v) is 5.47. The van der Waals surface area contributed by atoms with Crippen molar-refractivity contribution >= 4 is 5.71 Å². The van der Waals surface area contributed by atoms with Gasteiger partial charge < -0.3 is 14.2 Å². The Kier molecular flexibility index (Phi) is 4.51. The fourth-order valence-corrected chi connectivity index (χ4v) is 2.88. The Morgan fingerprint density at radius 2 is 1.61 bits per heavy atom. The molecule has 0 bridgehead atoms. The van der Waals surface area contributed by atoms with Gasteiger partial charge in [0.1, 0.15) is 5.75 Å². The summed E-state index contributed by atoms with van der Waals surface area (Å²) in [5.41, 5.74) is 4.73. The van der Waals surface area contributed by atoms with Crippen molar-refractivity contribution in [2.75, 3.05) is 27.9 Å². The molecule has 0 atom stereocenters. The molecular formula is C19H21NO3. The molecule has 1 aliphatic rings. The van der Waals surface area contributed by atoms with Crippen molar-refractivity contribution < 1.29 is 14.2 Å². The second-order valence-electron chi connectivity index (χ2n) is 5.47. The highest BCUT2D eigenvalue weighted by atomic mass is 16.5. The van der Waals surface area contributed by atoms with E-state index in [1.54, 1.807) is 21.3 Å². The summed E-state index contributed by atoms with van der Waals surface area (Å²) in [6, 6.07) is 12.2. The molecule has 4 heteroatoms. The summed E-state index contributed by atoms with van der Waals surface area (Å²) in [7, 11) is 5.00. The molecule has 1 aliphatic heterocycles. The minimum absolute atomic E-state index is 0.746. The van der Waals surface area contributed by atoms with Crippen LogP contribution < -0.4 is 14.2 Å². The maximum Gasteiger partial charge on any atom is 0.161 e. The Morgan fingerprint density at radius 1 is 0.913 bits per heavy atom. The first-order chi connectivity index (χ1) is 11.2. The van der Waals surface area contributed by atoms with Crippen LogP contribution in [0, 0.1) is 0 Å². The largest absolute Gasteiger partial charge is 0.497 e. The van der Waals surface area contributed by atoms with E-state index in [1.165, 1.54) is 11.1 Å². The van der Waals surface area contributed by atoms with Gasteiger partial charge in [-0.1, -0.05) is 12.1 Å². The zero-order valence-corrected chi connectivity index (χ0v) is 13.8. The van der Waals surface area contributed by atoms with Crippen LogP contribution in [0.15, 0.2) is 41.4 Å². The fraction of sp³-hybridized carbons (Fsp3) is 0.316. The predicted octanol–water partition coefficient (Wildman–Crippen LogP) is 3.30. The molecule has 2 aromatic carbocycles. The molecule has 1 heterocycles. The van der Waals surface area contributed by atoms with Crippen molar-refractivity contribution in [2.24, 2.45) is 4.99 Å². The van der Waals surface area contributed by atoms with E-state index >= 15 is 0 Å². The third-order valence-electron chi connectivity index (χ3n) is 4.13. The van der Waals surface area contributed by atoms with Crippen molar-refractivity contribution in [2.45, 2.75) is 12.8 Å². The molecule has 4 nitrogen and oxygen atoms in total. The Balaban J connectivity index is 1.91. The standard InChI is InChI=1S/C19H21NO3/c1-21-15-6-4-13(5-7-15)10-17-16-12-19(23-3)18(22-2)11-14(16)8-9-20-17/h4-7,11-12H,8-10H2,1-3H3. The summed E-state index contributed by atoms with van der Waals surface area (Å²) in [6.07, 6.45) is 1.73. The van der Waals surface area contributed by atoms with Crippen molar-refractivity contribution in [1.82, 2.24) is 0 Å². The number of aliphatic imine (C=N–C) groups is 1. The van der Waals surface area contributed by atoms with Crippen molar-refractivity contribution in [1.29, 1.82) is 0 Å². The first kappa shape index (κ1) is 15.4. The van der Waals surface area contributed by atoms with Gasteiger partial charge in [0.2, 0.25) is 0 Å². The highest BCUT2D eigenvalue weighted by Crippen LogP contribution is 2.33. The summed E-state index contributed by atoms with van der Waals surface area (Å²) in [6.45, 7) is 0.813. The molecule has 0 saturated heterocycles. The lowest BCUT2D eigenvalue weighted by molar-refractivity contribution is 0.354. The van der Waals surface area contributed by atoms with E-state index in [1.807, 2.05) is 18.2 Å². The van der Waals surface area contributed by atoms with Gasteiger partial charge in [0, 0.05) is 24.2 Å². The highest BCUT2D eigenvalue weighted by molar-refractivity contribution is 6.04. The maximum atomic E-state index is 5.43. The molecule has 0 radical (unpaired) electrons. The third-order valence-corrected chi connectivity index (χ3v) is 4.13. The van der Waals surface area contributed by atoms with Crippen LogP contribution in [0.3, 0.4) is 0 Å². The number of methoxy groups -OCH3 is 3. The van der Waals surface area contributed by atoms with Gasteiger partial charge in [0.25, 0.3) is 0 Å². The van der Waals surface area contributed by atoms with E-state index in [-0.39, 0.29) is 0 Å². The number of hydrogen-bond donors (Lipinski definition) is 0. The van der Waals surface area contributed by atoms with Crippen LogP contribution in [-0.4, -0.2) is 33.6 Å². The van der Waals surface area contributed by atoms with Gasteiger partial charge in [-0.15, -0.1) is 0 Å². The van der Waals surface area contributed by atoms with E-state index < -0.39 is 0 Å². The number of nitrogens with zero attached hydrogens (tertiary/aromatic N) is 1. The quantitative estimate of drug-likeness (QED) is 0.850. The van der Waals surface area contributed by atoms with Crippen molar-refractivity contribution in [3.8, 4) is 17.2 Å². The van der Waals surface area contributed by atoms with E-state index in [2.05, 4.69) is 18.2 Å². The van der Waals surface area contributed by atoms with Crippen LogP contribution in [0.2, 0.25) is 0 Å². The van der Waals surface area contributed by atoms with Crippen LogP contribution in [-0.2, 0) is 12.8 Å². The van der Waals surface area contributed by atoms with Crippen molar-refractivity contribution in [3.05, 3.63) is 53.1 Å². The summed E-state index contributed by atoms with van der Waals surface area (Å²) in [4.78, 5) is 4.73.